The number of ketones is 1. The molecule has 3 aliphatic rings. The number of aliphatic hydroxyl groups is 1. The fourth-order valence-corrected chi connectivity index (χ4v) is 4.16. The number of hydrogen-bond donors (Lipinski definition) is 1. The smallest absolute Gasteiger partial charge is 0.164 e. The van der Waals surface area contributed by atoms with E-state index in [1.54, 1.807) is 0 Å². The fraction of sp³-hybridized carbons (Fsp3) is 0.688. The molecule has 98 valence electrons. The first-order chi connectivity index (χ1) is 8.35. The Kier molecular flexibility index (Phi) is 2.27. The highest BCUT2D eigenvalue weighted by atomic mass is 16.3. The van der Waals surface area contributed by atoms with Crippen molar-refractivity contribution in [2.24, 2.45) is 16.7 Å². The Hall–Kier alpha value is -0.890. The summed E-state index contributed by atoms with van der Waals surface area (Å²) in [6.07, 6.45) is 3.30. The van der Waals surface area contributed by atoms with Crippen LogP contribution in [-0.4, -0.2) is 17.0 Å². The minimum absolute atomic E-state index is 0.00109. The quantitative estimate of drug-likeness (QED) is 0.722. The molecule has 2 heteroatoms. The van der Waals surface area contributed by atoms with Crippen molar-refractivity contribution in [3.05, 3.63) is 23.3 Å². The second-order valence-corrected chi connectivity index (χ2v) is 6.82. The van der Waals surface area contributed by atoms with E-state index in [0.29, 0.717) is 0 Å². The Morgan fingerprint density at radius 2 is 2.00 bits per heavy atom. The lowest BCUT2D eigenvalue weighted by Crippen LogP contribution is -2.34. The lowest BCUT2D eigenvalue weighted by atomic mass is 9.70. The maximum atomic E-state index is 12.6. The van der Waals surface area contributed by atoms with Gasteiger partial charge in [0.05, 0.1) is 6.10 Å². The molecule has 2 atom stereocenters. The summed E-state index contributed by atoms with van der Waals surface area (Å²) < 4.78 is 0. The van der Waals surface area contributed by atoms with E-state index < -0.39 is 6.10 Å². The monoisotopic (exact) mass is 246 g/mol. The van der Waals surface area contributed by atoms with Crippen molar-refractivity contribution in [2.75, 3.05) is 0 Å². The Balaban J connectivity index is 2.20. The van der Waals surface area contributed by atoms with Crippen LogP contribution in [0.15, 0.2) is 23.3 Å². The first-order valence-corrected chi connectivity index (χ1v) is 7.01. The van der Waals surface area contributed by atoms with E-state index >= 15 is 0 Å². The van der Waals surface area contributed by atoms with Gasteiger partial charge in [-0.3, -0.25) is 4.79 Å². The van der Waals surface area contributed by atoms with Crippen molar-refractivity contribution in [1.82, 2.24) is 0 Å². The van der Waals surface area contributed by atoms with Gasteiger partial charge >= 0.3 is 0 Å². The Morgan fingerprint density at radius 3 is 2.50 bits per heavy atom. The molecule has 18 heavy (non-hydrogen) atoms. The van der Waals surface area contributed by atoms with Crippen LogP contribution in [0.1, 0.15) is 46.5 Å². The van der Waals surface area contributed by atoms with Crippen molar-refractivity contribution in [3.63, 3.8) is 0 Å². The molecule has 2 unspecified atom stereocenters. The molecule has 0 aromatic carbocycles. The van der Waals surface area contributed by atoms with Gasteiger partial charge in [-0.25, -0.2) is 0 Å². The van der Waals surface area contributed by atoms with E-state index in [1.165, 1.54) is 5.57 Å². The van der Waals surface area contributed by atoms with Crippen LogP contribution < -0.4 is 0 Å². The number of fused-ring (bicyclic) bond motifs is 1. The number of carbonyl (C=O) groups excluding carboxylic acids is 1. The largest absolute Gasteiger partial charge is 0.388 e. The third-order valence-electron chi connectivity index (χ3n) is 5.32. The zero-order chi connectivity index (χ0) is 13.3. The summed E-state index contributed by atoms with van der Waals surface area (Å²) in [6.45, 7) is 10.3. The number of rotatable bonds is 1. The predicted octanol–water partition coefficient (Wildman–Crippen LogP) is 3.02. The standard InChI is InChI=1S/C16H22O2/c1-5-11-12-10(8-15(3,4)14(12)18)13(17)9(2)16(11)6-7-16/h10,13,17H,2,5-8H2,1,3-4H3. The average molecular weight is 246 g/mol. The highest BCUT2D eigenvalue weighted by Gasteiger charge is 2.60. The molecule has 3 aliphatic carbocycles. The molecule has 3 rings (SSSR count). The first-order valence-electron chi connectivity index (χ1n) is 7.01. The number of allylic oxidation sites excluding steroid dienone is 1. The van der Waals surface area contributed by atoms with Gasteiger partial charge in [-0.1, -0.05) is 32.9 Å². The number of hydrogen-bond acceptors (Lipinski definition) is 2. The minimum Gasteiger partial charge on any atom is -0.388 e. The van der Waals surface area contributed by atoms with Crippen molar-refractivity contribution < 1.29 is 9.90 Å². The van der Waals surface area contributed by atoms with Gasteiger partial charge < -0.3 is 5.11 Å². The predicted molar refractivity (Wildman–Crippen MR) is 71.0 cm³/mol. The summed E-state index contributed by atoms with van der Waals surface area (Å²) in [5, 5.41) is 10.5. The van der Waals surface area contributed by atoms with Gasteiger partial charge in [-0.05, 0) is 31.3 Å². The van der Waals surface area contributed by atoms with E-state index in [2.05, 4.69) is 13.5 Å². The molecule has 0 bridgehead atoms. The van der Waals surface area contributed by atoms with E-state index in [0.717, 1.165) is 36.8 Å². The Bertz CT molecular complexity index is 477. The zero-order valence-electron chi connectivity index (χ0n) is 11.5. The third-order valence-corrected chi connectivity index (χ3v) is 5.32. The van der Waals surface area contributed by atoms with Gasteiger partial charge in [0.15, 0.2) is 5.78 Å². The molecule has 1 N–H and O–H groups in total. The molecule has 0 heterocycles. The van der Waals surface area contributed by atoms with Crippen LogP contribution in [0.3, 0.4) is 0 Å². The Labute approximate surface area is 109 Å². The first kappa shape index (κ1) is 12.2. The third kappa shape index (κ3) is 1.25. The van der Waals surface area contributed by atoms with Gasteiger partial charge in [0.25, 0.3) is 0 Å². The number of aliphatic hydroxyl groups excluding tert-OH is 1. The lowest BCUT2D eigenvalue weighted by Gasteiger charge is -2.36. The molecule has 2 fully saturated rings. The maximum Gasteiger partial charge on any atom is 0.164 e. The van der Waals surface area contributed by atoms with Crippen molar-refractivity contribution >= 4 is 5.78 Å². The summed E-state index contributed by atoms with van der Waals surface area (Å²) in [5.74, 6) is 0.267. The average Bonchev–Trinajstić information content (AvgIpc) is 3.06. The van der Waals surface area contributed by atoms with Crippen LogP contribution in [-0.2, 0) is 4.79 Å². The van der Waals surface area contributed by atoms with Crippen molar-refractivity contribution in [2.45, 2.75) is 52.6 Å². The van der Waals surface area contributed by atoms with Gasteiger partial charge in [-0.15, -0.1) is 0 Å². The van der Waals surface area contributed by atoms with Gasteiger partial charge in [0, 0.05) is 22.3 Å². The maximum absolute atomic E-state index is 12.6. The molecule has 0 saturated heterocycles. The lowest BCUT2D eigenvalue weighted by molar-refractivity contribution is -0.121. The van der Waals surface area contributed by atoms with Crippen LogP contribution >= 0.6 is 0 Å². The van der Waals surface area contributed by atoms with Crippen LogP contribution in [0, 0.1) is 16.7 Å². The number of Topliss-reactive ketones (excluding diaryl/α,β-unsaturated/α-hetero) is 1. The summed E-state index contributed by atoms with van der Waals surface area (Å²) in [4.78, 5) is 12.6. The van der Waals surface area contributed by atoms with Gasteiger partial charge in [0.1, 0.15) is 0 Å². The van der Waals surface area contributed by atoms with Gasteiger partial charge in [0.2, 0.25) is 0 Å². The van der Waals surface area contributed by atoms with E-state index in [9.17, 15) is 9.90 Å². The molecular formula is C16H22O2. The molecule has 0 aromatic heterocycles. The summed E-state index contributed by atoms with van der Waals surface area (Å²) in [5.41, 5.74) is 2.88. The fourth-order valence-electron chi connectivity index (χ4n) is 4.16. The molecule has 0 aromatic rings. The second kappa shape index (κ2) is 3.36. The van der Waals surface area contributed by atoms with Crippen LogP contribution in [0.2, 0.25) is 0 Å². The van der Waals surface area contributed by atoms with Gasteiger partial charge in [-0.2, -0.15) is 0 Å². The minimum atomic E-state index is -0.511. The highest BCUT2D eigenvalue weighted by molar-refractivity contribution is 6.04. The highest BCUT2D eigenvalue weighted by Crippen LogP contribution is 2.65. The van der Waals surface area contributed by atoms with Crippen LogP contribution in [0.25, 0.3) is 0 Å². The molecule has 2 saturated carbocycles. The van der Waals surface area contributed by atoms with E-state index in [1.807, 2.05) is 13.8 Å². The molecular weight excluding hydrogens is 224 g/mol. The summed E-state index contributed by atoms with van der Waals surface area (Å²) >= 11 is 0. The Morgan fingerprint density at radius 1 is 1.39 bits per heavy atom. The topological polar surface area (TPSA) is 37.3 Å². The molecule has 0 amide bonds. The van der Waals surface area contributed by atoms with Crippen LogP contribution in [0.4, 0.5) is 0 Å². The molecule has 0 aliphatic heterocycles. The number of carbonyl (C=O) groups is 1. The van der Waals surface area contributed by atoms with Crippen LogP contribution in [0.5, 0.6) is 0 Å². The van der Waals surface area contributed by atoms with Crippen molar-refractivity contribution in [3.8, 4) is 0 Å². The summed E-state index contributed by atoms with van der Waals surface area (Å²) in [7, 11) is 0. The van der Waals surface area contributed by atoms with Crippen molar-refractivity contribution in [1.29, 1.82) is 0 Å². The molecule has 1 spiro atoms. The molecule has 2 nitrogen and oxygen atoms in total. The summed E-state index contributed by atoms with van der Waals surface area (Å²) in [6, 6.07) is 0. The van der Waals surface area contributed by atoms with E-state index in [4.69, 9.17) is 0 Å². The van der Waals surface area contributed by atoms with E-state index in [-0.39, 0.29) is 22.5 Å². The molecule has 0 radical (unpaired) electrons. The SMILES string of the molecule is C=C1C(O)C2CC(C)(C)C(=O)C2=C(CC)C12CC2. The normalized spacial score (nSPS) is 36.2. The second-order valence-electron chi connectivity index (χ2n) is 6.82. The zero-order valence-corrected chi connectivity index (χ0v) is 11.5.